The monoisotopic (exact) mass is 292 g/mol. The number of carboxylic acid groups (broad SMARTS) is 1. The first-order chi connectivity index (χ1) is 10.1. The summed E-state index contributed by atoms with van der Waals surface area (Å²) in [5.41, 5.74) is 1.04. The minimum Gasteiger partial charge on any atom is -0.480 e. The van der Waals surface area contributed by atoms with Gasteiger partial charge in [-0.05, 0) is 19.9 Å². The van der Waals surface area contributed by atoms with Crippen LogP contribution in [-0.4, -0.2) is 70.2 Å². The maximum atomic E-state index is 11.3. The summed E-state index contributed by atoms with van der Waals surface area (Å²) in [5, 5.41) is 9.29. The number of carboxylic acids is 1. The van der Waals surface area contributed by atoms with Gasteiger partial charge in [0.15, 0.2) is 0 Å². The number of hydrogen-bond acceptors (Lipinski definition) is 4. The van der Waals surface area contributed by atoms with Crippen molar-refractivity contribution in [1.82, 2.24) is 19.4 Å². The van der Waals surface area contributed by atoms with Crippen molar-refractivity contribution in [1.29, 1.82) is 0 Å². The molecule has 116 valence electrons. The predicted octanol–water partition coefficient (Wildman–Crippen LogP) is 0.635. The van der Waals surface area contributed by atoms with Crippen molar-refractivity contribution in [2.45, 2.75) is 31.7 Å². The Labute approximate surface area is 125 Å². The summed E-state index contributed by atoms with van der Waals surface area (Å²) in [4.78, 5) is 20.8. The van der Waals surface area contributed by atoms with Crippen molar-refractivity contribution in [3.63, 3.8) is 0 Å². The van der Waals surface area contributed by atoms with Crippen LogP contribution in [0.4, 0.5) is 0 Å². The van der Waals surface area contributed by atoms with Crippen LogP contribution in [0.3, 0.4) is 0 Å². The Kier molecular flexibility index (Phi) is 4.26. The van der Waals surface area contributed by atoms with E-state index >= 15 is 0 Å². The van der Waals surface area contributed by atoms with Gasteiger partial charge in [-0.25, -0.2) is 9.78 Å². The molecule has 1 aromatic heterocycles. The van der Waals surface area contributed by atoms with Gasteiger partial charge in [0.1, 0.15) is 11.9 Å². The lowest BCUT2D eigenvalue weighted by atomic mass is 10.1. The lowest BCUT2D eigenvalue weighted by Gasteiger charge is -2.32. The lowest BCUT2D eigenvalue weighted by Crippen LogP contribution is -2.45. The van der Waals surface area contributed by atoms with Crippen molar-refractivity contribution in [3.05, 3.63) is 17.7 Å². The summed E-state index contributed by atoms with van der Waals surface area (Å²) >= 11 is 0. The van der Waals surface area contributed by atoms with E-state index in [1.165, 1.54) is 0 Å². The number of rotatable bonds is 4. The number of aliphatic carboxylic acids is 1. The topological polar surface area (TPSA) is 61.6 Å². The zero-order valence-corrected chi connectivity index (χ0v) is 12.7. The first-order valence-corrected chi connectivity index (χ1v) is 7.84. The van der Waals surface area contributed by atoms with Gasteiger partial charge in [0.05, 0.1) is 5.69 Å². The Hall–Kier alpha value is -1.40. The summed E-state index contributed by atoms with van der Waals surface area (Å²) in [6.07, 6.45) is 5.42. The van der Waals surface area contributed by atoms with Crippen molar-refractivity contribution >= 4 is 5.97 Å². The number of carbonyl (C=O) groups is 1. The zero-order valence-electron chi connectivity index (χ0n) is 12.7. The highest BCUT2D eigenvalue weighted by molar-refractivity contribution is 5.72. The highest BCUT2D eigenvalue weighted by Crippen LogP contribution is 2.25. The second-order valence-electron chi connectivity index (χ2n) is 6.20. The van der Waals surface area contributed by atoms with Gasteiger partial charge in [-0.1, -0.05) is 0 Å². The highest BCUT2D eigenvalue weighted by Gasteiger charge is 2.27. The number of aromatic nitrogens is 2. The minimum atomic E-state index is -0.737. The molecule has 0 aromatic carbocycles. The Bertz CT molecular complexity index is 506. The van der Waals surface area contributed by atoms with Crippen molar-refractivity contribution in [2.75, 3.05) is 39.8 Å². The number of piperazine rings is 1. The molecule has 21 heavy (non-hydrogen) atoms. The fraction of sp³-hybridized carbons (Fsp3) is 0.733. The van der Waals surface area contributed by atoms with E-state index in [9.17, 15) is 9.90 Å². The predicted molar refractivity (Wildman–Crippen MR) is 79.5 cm³/mol. The van der Waals surface area contributed by atoms with Crippen molar-refractivity contribution in [2.24, 2.45) is 0 Å². The van der Waals surface area contributed by atoms with Crippen LogP contribution in [0.15, 0.2) is 6.20 Å². The van der Waals surface area contributed by atoms with E-state index in [0.29, 0.717) is 0 Å². The van der Waals surface area contributed by atoms with E-state index in [2.05, 4.69) is 21.8 Å². The number of aryl methyl sites for hydroxylation is 1. The molecule has 0 aliphatic carbocycles. The quantitative estimate of drug-likeness (QED) is 0.882. The van der Waals surface area contributed by atoms with Crippen LogP contribution >= 0.6 is 0 Å². The van der Waals surface area contributed by atoms with Gasteiger partial charge in [0.25, 0.3) is 0 Å². The summed E-state index contributed by atoms with van der Waals surface area (Å²) in [5.74, 6) is 0.209. The van der Waals surface area contributed by atoms with Gasteiger partial charge in [-0.2, -0.15) is 0 Å². The van der Waals surface area contributed by atoms with Gasteiger partial charge in [-0.3, -0.25) is 0 Å². The molecule has 6 heteroatoms. The van der Waals surface area contributed by atoms with Crippen LogP contribution < -0.4 is 0 Å². The van der Waals surface area contributed by atoms with Gasteiger partial charge in [0.2, 0.25) is 0 Å². The average molecular weight is 292 g/mol. The van der Waals surface area contributed by atoms with Crippen LogP contribution in [0.2, 0.25) is 0 Å². The van der Waals surface area contributed by atoms with E-state index < -0.39 is 12.0 Å². The maximum Gasteiger partial charge on any atom is 0.326 e. The maximum absolute atomic E-state index is 11.3. The highest BCUT2D eigenvalue weighted by atomic mass is 16.4. The second kappa shape index (κ2) is 6.15. The van der Waals surface area contributed by atoms with Gasteiger partial charge in [0, 0.05) is 51.8 Å². The van der Waals surface area contributed by atoms with E-state index in [1.54, 1.807) is 0 Å². The third kappa shape index (κ3) is 3.27. The third-order valence-electron chi connectivity index (χ3n) is 4.64. The van der Waals surface area contributed by atoms with Crippen LogP contribution in [0.1, 0.15) is 30.4 Å². The molecular formula is C15H24N4O2. The first-order valence-electron chi connectivity index (χ1n) is 7.84. The van der Waals surface area contributed by atoms with E-state index in [-0.39, 0.29) is 0 Å². The van der Waals surface area contributed by atoms with Gasteiger partial charge < -0.3 is 19.5 Å². The molecule has 1 fully saturated rings. The molecule has 1 aromatic rings. The Morgan fingerprint density at radius 3 is 2.86 bits per heavy atom. The molecule has 0 radical (unpaired) electrons. The second-order valence-corrected chi connectivity index (χ2v) is 6.20. The number of imidazole rings is 1. The van der Waals surface area contributed by atoms with Gasteiger partial charge in [-0.15, -0.1) is 0 Å². The van der Waals surface area contributed by atoms with Crippen LogP contribution in [0.5, 0.6) is 0 Å². The van der Waals surface area contributed by atoms with Crippen LogP contribution in [0.25, 0.3) is 0 Å². The molecule has 0 amide bonds. The number of likely N-dealkylation sites (N-methyl/N-ethyl adjacent to an activating group) is 1. The van der Waals surface area contributed by atoms with E-state index in [0.717, 1.165) is 69.9 Å². The summed E-state index contributed by atoms with van der Waals surface area (Å²) in [6, 6.07) is -0.418. The molecular weight excluding hydrogens is 268 g/mol. The molecule has 1 atom stereocenters. The fourth-order valence-electron chi connectivity index (χ4n) is 3.24. The molecule has 0 bridgehead atoms. The largest absolute Gasteiger partial charge is 0.480 e. The Balaban J connectivity index is 1.61. The van der Waals surface area contributed by atoms with Crippen LogP contribution in [-0.2, 0) is 17.6 Å². The van der Waals surface area contributed by atoms with E-state index in [1.807, 2.05) is 10.8 Å². The number of fused-ring (bicyclic) bond motifs is 1. The number of nitrogens with zero attached hydrogens (tertiary/aromatic N) is 4. The minimum absolute atomic E-state index is 0.418. The molecule has 2 aliphatic heterocycles. The molecule has 6 nitrogen and oxygen atoms in total. The molecule has 3 heterocycles. The third-order valence-corrected chi connectivity index (χ3v) is 4.64. The fourth-order valence-corrected chi connectivity index (χ4v) is 3.24. The van der Waals surface area contributed by atoms with Crippen molar-refractivity contribution < 1.29 is 9.90 Å². The Morgan fingerprint density at radius 2 is 2.14 bits per heavy atom. The standard InChI is InChI=1S/C15H24N4O2/c1-17-7-9-18(10-8-17)6-5-12-11-19-13(15(20)21)3-2-4-14(19)16-12/h11,13H,2-10H2,1H3,(H,20,21). The molecule has 1 N–H and O–H groups in total. The van der Waals surface area contributed by atoms with Gasteiger partial charge >= 0.3 is 5.97 Å². The molecule has 2 aliphatic rings. The molecule has 0 spiro atoms. The molecule has 1 saturated heterocycles. The molecule has 1 unspecified atom stereocenters. The summed E-state index contributed by atoms with van der Waals surface area (Å²) in [7, 11) is 2.16. The van der Waals surface area contributed by atoms with E-state index in [4.69, 9.17) is 0 Å². The zero-order chi connectivity index (χ0) is 14.8. The first kappa shape index (κ1) is 14.5. The SMILES string of the molecule is CN1CCN(CCc2cn3c(n2)CCCC3C(=O)O)CC1. The Morgan fingerprint density at radius 1 is 1.38 bits per heavy atom. The average Bonchev–Trinajstić information content (AvgIpc) is 2.89. The van der Waals surface area contributed by atoms with Crippen molar-refractivity contribution in [3.8, 4) is 0 Å². The van der Waals surface area contributed by atoms with Crippen LogP contribution in [0, 0.1) is 0 Å². The normalized spacial score (nSPS) is 24.0. The molecule has 3 rings (SSSR count). The summed E-state index contributed by atoms with van der Waals surface area (Å²) < 4.78 is 1.88. The number of hydrogen-bond donors (Lipinski definition) is 1. The lowest BCUT2D eigenvalue weighted by molar-refractivity contribution is -0.141. The summed E-state index contributed by atoms with van der Waals surface area (Å²) in [6.45, 7) is 5.49. The molecule has 0 saturated carbocycles. The smallest absolute Gasteiger partial charge is 0.326 e.